The average Bonchev–Trinajstić information content (AvgIpc) is 2.77. The van der Waals surface area contributed by atoms with E-state index in [0.29, 0.717) is 13.1 Å². The third kappa shape index (κ3) is 2.64. The fraction of sp³-hybridized carbons (Fsp3) is 0.636. The summed E-state index contributed by atoms with van der Waals surface area (Å²) in [5.74, 6) is -1.30. The molecule has 19 heavy (non-hydrogen) atoms. The van der Waals surface area contributed by atoms with E-state index < -0.39 is 16.0 Å². The molecule has 1 fully saturated rings. The lowest BCUT2D eigenvalue weighted by molar-refractivity contribution is 0.0692. The minimum Gasteiger partial charge on any atom is -0.478 e. The highest BCUT2D eigenvalue weighted by Gasteiger charge is 2.35. The number of aromatic amines is 1. The monoisotopic (exact) mass is 287 g/mol. The van der Waals surface area contributed by atoms with Gasteiger partial charge in [0.05, 0.1) is 6.20 Å². The molecule has 106 valence electrons. The lowest BCUT2D eigenvalue weighted by Crippen LogP contribution is -2.41. The molecule has 1 aromatic heterocycles. The van der Waals surface area contributed by atoms with E-state index in [-0.39, 0.29) is 16.0 Å². The van der Waals surface area contributed by atoms with Gasteiger partial charge in [-0.15, -0.1) is 0 Å². The number of hydrogen-bond donors (Lipinski definition) is 2. The average molecular weight is 287 g/mol. The Morgan fingerprint density at radius 1 is 1.42 bits per heavy atom. The van der Waals surface area contributed by atoms with Gasteiger partial charge in [0, 0.05) is 13.1 Å². The first-order chi connectivity index (χ1) is 8.74. The number of H-pyrrole nitrogens is 1. The number of carbonyl (C=O) groups is 1. The van der Waals surface area contributed by atoms with Crippen molar-refractivity contribution in [2.24, 2.45) is 5.41 Å². The van der Waals surface area contributed by atoms with E-state index in [2.05, 4.69) is 24.0 Å². The number of carboxylic acids is 1. The lowest BCUT2D eigenvalue weighted by atomic mass is 9.83. The molecule has 7 nitrogen and oxygen atoms in total. The van der Waals surface area contributed by atoms with Gasteiger partial charge in [0.25, 0.3) is 10.0 Å². The molecule has 2 rings (SSSR count). The first-order valence-electron chi connectivity index (χ1n) is 6.01. The zero-order valence-corrected chi connectivity index (χ0v) is 11.7. The molecule has 2 heterocycles. The van der Waals surface area contributed by atoms with E-state index >= 15 is 0 Å². The third-order valence-corrected chi connectivity index (χ3v) is 5.38. The molecule has 0 bridgehead atoms. The number of sulfonamides is 1. The van der Waals surface area contributed by atoms with E-state index in [1.165, 1.54) is 4.31 Å². The van der Waals surface area contributed by atoms with E-state index in [1.54, 1.807) is 0 Å². The number of rotatable bonds is 3. The fourth-order valence-corrected chi connectivity index (χ4v) is 3.59. The lowest BCUT2D eigenvalue weighted by Gasteiger charge is -2.35. The molecule has 1 saturated heterocycles. The van der Waals surface area contributed by atoms with Gasteiger partial charge in [0.2, 0.25) is 0 Å². The number of nitrogens with one attached hydrogen (secondary N) is 1. The van der Waals surface area contributed by atoms with Crippen LogP contribution in [0.2, 0.25) is 0 Å². The molecule has 0 atom stereocenters. The molecule has 0 aliphatic carbocycles. The molecule has 0 aromatic carbocycles. The van der Waals surface area contributed by atoms with Crippen molar-refractivity contribution < 1.29 is 18.3 Å². The molecule has 0 saturated carbocycles. The van der Waals surface area contributed by atoms with Crippen LogP contribution in [0.25, 0.3) is 0 Å². The molecule has 1 aromatic rings. The van der Waals surface area contributed by atoms with Crippen LogP contribution >= 0.6 is 0 Å². The van der Waals surface area contributed by atoms with Gasteiger partial charge in [0.15, 0.2) is 5.03 Å². The molecule has 0 spiro atoms. The summed E-state index contributed by atoms with van der Waals surface area (Å²) in [6, 6.07) is 0. The summed E-state index contributed by atoms with van der Waals surface area (Å²) in [4.78, 5) is 11.0. The predicted molar refractivity (Wildman–Crippen MR) is 67.3 cm³/mol. The van der Waals surface area contributed by atoms with Gasteiger partial charge >= 0.3 is 5.97 Å². The smallest absolute Gasteiger partial charge is 0.340 e. The summed E-state index contributed by atoms with van der Waals surface area (Å²) in [7, 11) is -3.81. The maximum atomic E-state index is 12.4. The third-order valence-electron chi connectivity index (χ3n) is 3.51. The standard InChI is InChI=1S/C11H17N3O4S/c1-11(2)3-5-14(6-4-11)19(17,18)9-8(10(15)16)7-12-13-9/h7H,3-6H2,1-2H3,(H,12,13)(H,15,16). The van der Waals surface area contributed by atoms with Gasteiger partial charge < -0.3 is 5.11 Å². The second-order valence-electron chi connectivity index (χ2n) is 5.49. The van der Waals surface area contributed by atoms with Gasteiger partial charge in [-0.05, 0) is 18.3 Å². The zero-order valence-electron chi connectivity index (χ0n) is 10.9. The van der Waals surface area contributed by atoms with Gasteiger partial charge in [-0.1, -0.05) is 13.8 Å². The van der Waals surface area contributed by atoms with Crippen molar-refractivity contribution in [2.75, 3.05) is 13.1 Å². The summed E-state index contributed by atoms with van der Waals surface area (Å²) < 4.78 is 26.1. The molecule has 8 heteroatoms. The number of aromatic nitrogens is 2. The Morgan fingerprint density at radius 2 is 2.00 bits per heavy atom. The highest BCUT2D eigenvalue weighted by Crippen LogP contribution is 2.32. The van der Waals surface area contributed by atoms with Crippen LogP contribution in [0.1, 0.15) is 37.0 Å². The Labute approximate surface area is 111 Å². The maximum absolute atomic E-state index is 12.4. The van der Waals surface area contributed by atoms with Gasteiger partial charge in [-0.25, -0.2) is 13.2 Å². The number of nitrogens with zero attached hydrogens (tertiary/aromatic N) is 2. The van der Waals surface area contributed by atoms with Crippen molar-refractivity contribution in [1.82, 2.24) is 14.5 Å². The van der Waals surface area contributed by atoms with Crippen LogP contribution in [-0.4, -0.2) is 47.1 Å². The zero-order chi connectivity index (χ0) is 14.3. The maximum Gasteiger partial charge on any atom is 0.340 e. The largest absolute Gasteiger partial charge is 0.478 e. The molecule has 0 radical (unpaired) electrons. The van der Waals surface area contributed by atoms with Crippen molar-refractivity contribution in [1.29, 1.82) is 0 Å². The van der Waals surface area contributed by atoms with Crippen molar-refractivity contribution in [2.45, 2.75) is 31.7 Å². The van der Waals surface area contributed by atoms with Crippen LogP contribution in [0.5, 0.6) is 0 Å². The highest BCUT2D eigenvalue weighted by atomic mass is 32.2. The van der Waals surface area contributed by atoms with Crippen LogP contribution in [-0.2, 0) is 10.0 Å². The van der Waals surface area contributed by atoms with Crippen molar-refractivity contribution >= 4 is 16.0 Å². The Morgan fingerprint density at radius 3 is 2.53 bits per heavy atom. The van der Waals surface area contributed by atoms with E-state index in [4.69, 9.17) is 5.11 Å². The van der Waals surface area contributed by atoms with Crippen LogP contribution in [0.4, 0.5) is 0 Å². The van der Waals surface area contributed by atoms with Gasteiger partial charge in [-0.2, -0.15) is 9.40 Å². The molecule has 1 aliphatic rings. The van der Waals surface area contributed by atoms with E-state index in [1.807, 2.05) is 0 Å². The minimum atomic E-state index is -3.81. The van der Waals surface area contributed by atoms with Crippen LogP contribution in [0, 0.1) is 5.41 Å². The van der Waals surface area contributed by atoms with E-state index in [0.717, 1.165) is 19.0 Å². The summed E-state index contributed by atoms with van der Waals surface area (Å²) in [5.41, 5.74) is -0.194. The molecule has 0 amide bonds. The molecule has 0 unspecified atom stereocenters. The highest BCUT2D eigenvalue weighted by molar-refractivity contribution is 7.89. The number of carboxylic acid groups (broad SMARTS) is 1. The van der Waals surface area contributed by atoms with E-state index in [9.17, 15) is 13.2 Å². The summed E-state index contributed by atoms with van der Waals surface area (Å²) in [6.45, 7) is 4.98. The Balaban J connectivity index is 2.29. The van der Waals surface area contributed by atoms with Crippen molar-refractivity contribution in [3.05, 3.63) is 11.8 Å². The molecule has 1 aliphatic heterocycles. The Bertz CT molecular complexity index is 581. The number of hydrogen-bond acceptors (Lipinski definition) is 4. The van der Waals surface area contributed by atoms with Crippen LogP contribution in [0.3, 0.4) is 0 Å². The summed E-state index contributed by atoms with van der Waals surface area (Å²) >= 11 is 0. The van der Waals surface area contributed by atoms with Crippen molar-refractivity contribution in [3.63, 3.8) is 0 Å². The second-order valence-corrected chi connectivity index (χ2v) is 7.36. The van der Waals surface area contributed by atoms with Crippen LogP contribution < -0.4 is 0 Å². The minimum absolute atomic E-state index is 0.121. The second kappa shape index (κ2) is 4.61. The summed E-state index contributed by atoms with van der Waals surface area (Å²) in [6.07, 6.45) is 2.52. The van der Waals surface area contributed by atoms with Crippen LogP contribution in [0.15, 0.2) is 11.2 Å². The first kappa shape index (κ1) is 14.0. The van der Waals surface area contributed by atoms with Gasteiger partial charge in [-0.3, -0.25) is 5.10 Å². The normalized spacial score (nSPS) is 20.3. The first-order valence-corrected chi connectivity index (χ1v) is 7.45. The Kier molecular flexibility index (Phi) is 3.40. The fourth-order valence-electron chi connectivity index (χ4n) is 2.08. The predicted octanol–water partition coefficient (Wildman–Crippen LogP) is 0.919. The number of aromatic carboxylic acids is 1. The molecular formula is C11H17N3O4S. The molecular weight excluding hydrogens is 270 g/mol. The summed E-state index contributed by atoms with van der Waals surface area (Å²) in [5, 5.41) is 14.4. The number of piperidine rings is 1. The van der Waals surface area contributed by atoms with Gasteiger partial charge in [0.1, 0.15) is 5.56 Å². The Hall–Kier alpha value is -1.41. The molecule has 2 N–H and O–H groups in total. The SMILES string of the molecule is CC1(C)CCN(S(=O)(=O)c2[nH]ncc2C(=O)O)CC1. The topological polar surface area (TPSA) is 103 Å². The van der Waals surface area contributed by atoms with Crippen molar-refractivity contribution in [3.8, 4) is 0 Å². The quantitative estimate of drug-likeness (QED) is 0.860.